The number of hydrogen-bond acceptors (Lipinski definition) is 5. The van der Waals surface area contributed by atoms with Crippen LogP contribution in [0.3, 0.4) is 0 Å². The van der Waals surface area contributed by atoms with Crippen LogP contribution in [0.1, 0.15) is 10.6 Å². The average Bonchev–Trinajstić information content (AvgIpc) is 3.04. The van der Waals surface area contributed by atoms with E-state index in [9.17, 15) is 14.4 Å². The zero-order valence-corrected chi connectivity index (χ0v) is 10.7. The van der Waals surface area contributed by atoms with Crippen LogP contribution in [0.5, 0.6) is 0 Å². The van der Waals surface area contributed by atoms with Crippen LogP contribution in [0, 0.1) is 0 Å². The lowest BCUT2D eigenvalue weighted by atomic mass is 10.3. The standard InChI is InChI=1S/C11H12N2O5S/c14-9(13-6-19-5-7(13)11(16)17)4-12-10(15)8-2-1-3-18-8/h1-3,7H,4-6H2,(H,12,15)(H,16,17). The Bertz CT molecular complexity index is 487. The predicted octanol–water partition coefficient (Wildman–Crippen LogP) is -0.00450. The van der Waals surface area contributed by atoms with Gasteiger partial charge in [0.25, 0.3) is 5.91 Å². The molecule has 0 aromatic carbocycles. The quantitative estimate of drug-likeness (QED) is 0.807. The molecule has 1 aromatic heterocycles. The smallest absolute Gasteiger partial charge is 0.327 e. The molecule has 0 bridgehead atoms. The molecule has 0 aliphatic carbocycles. The summed E-state index contributed by atoms with van der Waals surface area (Å²) in [5.41, 5.74) is 0. The Labute approximate surface area is 112 Å². The highest BCUT2D eigenvalue weighted by Gasteiger charge is 2.34. The van der Waals surface area contributed by atoms with Crippen LogP contribution in [0.4, 0.5) is 0 Å². The molecule has 1 aliphatic rings. The van der Waals surface area contributed by atoms with E-state index in [1.807, 2.05) is 0 Å². The molecule has 0 saturated carbocycles. The number of carboxylic acids is 1. The Morgan fingerprint density at radius 1 is 1.53 bits per heavy atom. The highest BCUT2D eigenvalue weighted by Crippen LogP contribution is 2.20. The van der Waals surface area contributed by atoms with E-state index in [0.29, 0.717) is 11.6 Å². The molecular weight excluding hydrogens is 272 g/mol. The van der Waals surface area contributed by atoms with Gasteiger partial charge in [-0.1, -0.05) is 0 Å². The summed E-state index contributed by atoms with van der Waals surface area (Å²) in [6.07, 6.45) is 1.36. The summed E-state index contributed by atoms with van der Waals surface area (Å²) < 4.78 is 4.88. The van der Waals surface area contributed by atoms with Gasteiger partial charge in [0.1, 0.15) is 6.04 Å². The van der Waals surface area contributed by atoms with Gasteiger partial charge in [-0.3, -0.25) is 9.59 Å². The van der Waals surface area contributed by atoms with E-state index in [2.05, 4.69) is 5.32 Å². The predicted molar refractivity (Wildman–Crippen MR) is 66.6 cm³/mol. The number of carboxylic acid groups (broad SMARTS) is 1. The van der Waals surface area contributed by atoms with Crippen LogP contribution >= 0.6 is 11.8 Å². The van der Waals surface area contributed by atoms with E-state index in [0.717, 1.165) is 0 Å². The second-order valence-electron chi connectivity index (χ2n) is 3.88. The van der Waals surface area contributed by atoms with Crippen molar-refractivity contribution in [3.63, 3.8) is 0 Å². The van der Waals surface area contributed by atoms with Gasteiger partial charge >= 0.3 is 5.97 Å². The number of nitrogens with one attached hydrogen (secondary N) is 1. The Balaban J connectivity index is 1.88. The Morgan fingerprint density at radius 3 is 2.95 bits per heavy atom. The van der Waals surface area contributed by atoms with Crippen LogP contribution in [0.2, 0.25) is 0 Å². The monoisotopic (exact) mass is 284 g/mol. The molecule has 102 valence electrons. The first-order chi connectivity index (χ1) is 9.09. The molecule has 2 N–H and O–H groups in total. The first-order valence-electron chi connectivity index (χ1n) is 5.51. The van der Waals surface area contributed by atoms with Gasteiger partial charge in [0, 0.05) is 5.75 Å². The van der Waals surface area contributed by atoms with E-state index in [-0.39, 0.29) is 12.3 Å². The molecule has 1 aromatic rings. The van der Waals surface area contributed by atoms with Crippen molar-refractivity contribution < 1.29 is 23.9 Å². The number of rotatable bonds is 4. The van der Waals surface area contributed by atoms with Crippen molar-refractivity contribution in [1.82, 2.24) is 10.2 Å². The van der Waals surface area contributed by atoms with Gasteiger partial charge < -0.3 is 19.7 Å². The minimum Gasteiger partial charge on any atom is -0.480 e. The third-order valence-corrected chi connectivity index (χ3v) is 3.65. The molecule has 1 atom stereocenters. The molecule has 8 heteroatoms. The molecule has 2 amide bonds. The number of amides is 2. The molecule has 1 saturated heterocycles. The third-order valence-electron chi connectivity index (χ3n) is 2.63. The number of thioether (sulfide) groups is 1. The molecule has 0 radical (unpaired) electrons. The normalized spacial score (nSPS) is 18.3. The molecule has 7 nitrogen and oxygen atoms in total. The number of carbonyl (C=O) groups is 3. The maximum absolute atomic E-state index is 11.8. The first kappa shape index (κ1) is 13.5. The number of carbonyl (C=O) groups excluding carboxylic acids is 2. The molecule has 1 fully saturated rings. The minimum absolute atomic E-state index is 0.110. The lowest BCUT2D eigenvalue weighted by Gasteiger charge is -2.20. The summed E-state index contributed by atoms with van der Waals surface area (Å²) >= 11 is 1.37. The molecule has 0 spiro atoms. The van der Waals surface area contributed by atoms with Crippen LogP contribution in [0.15, 0.2) is 22.8 Å². The Morgan fingerprint density at radius 2 is 2.32 bits per heavy atom. The molecule has 2 heterocycles. The lowest BCUT2D eigenvalue weighted by Crippen LogP contribution is -2.46. The van der Waals surface area contributed by atoms with Gasteiger partial charge in [-0.05, 0) is 12.1 Å². The van der Waals surface area contributed by atoms with Gasteiger partial charge in [-0.25, -0.2) is 4.79 Å². The van der Waals surface area contributed by atoms with Crippen molar-refractivity contribution in [1.29, 1.82) is 0 Å². The lowest BCUT2D eigenvalue weighted by molar-refractivity contribution is -0.147. The van der Waals surface area contributed by atoms with Gasteiger partial charge in [0.15, 0.2) is 5.76 Å². The van der Waals surface area contributed by atoms with Gasteiger partial charge in [-0.2, -0.15) is 0 Å². The van der Waals surface area contributed by atoms with Crippen LogP contribution < -0.4 is 5.32 Å². The highest BCUT2D eigenvalue weighted by atomic mass is 32.2. The van der Waals surface area contributed by atoms with Crippen molar-refractivity contribution in [2.45, 2.75) is 6.04 Å². The maximum atomic E-state index is 11.8. The molecule has 2 rings (SSSR count). The fraction of sp³-hybridized carbons (Fsp3) is 0.364. The third kappa shape index (κ3) is 3.08. The van der Waals surface area contributed by atoms with Gasteiger partial charge in [0.05, 0.1) is 18.7 Å². The largest absolute Gasteiger partial charge is 0.480 e. The van der Waals surface area contributed by atoms with E-state index in [1.54, 1.807) is 6.07 Å². The van der Waals surface area contributed by atoms with E-state index >= 15 is 0 Å². The fourth-order valence-corrected chi connectivity index (χ4v) is 2.82. The SMILES string of the molecule is O=C(NCC(=O)N1CSCC1C(=O)O)c1ccco1. The number of furan rings is 1. The zero-order chi connectivity index (χ0) is 13.8. The number of aliphatic carboxylic acids is 1. The zero-order valence-electron chi connectivity index (χ0n) is 9.87. The molecule has 1 aliphatic heterocycles. The molecule has 1 unspecified atom stereocenters. The van der Waals surface area contributed by atoms with Crippen molar-refractivity contribution >= 4 is 29.5 Å². The summed E-state index contributed by atoms with van der Waals surface area (Å²) in [4.78, 5) is 35.6. The van der Waals surface area contributed by atoms with Crippen molar-refractivity contribution in [2.24, 2.45) is 0 Å². The number of hydrogen-bond donors (Lipinski definition) is 2. The van der Waals surface area contributed by atoms with Crippen molar-refractivity contribution in [3.8, 4) is 0 Å². The van der Waals surface area contributed by atoms with E-state index < -0.39 is 23.8 Å². The topological polar surface area (TPSA) is 99.9 Å². The summed E-state index contributed by atoms with van der Waals surface area (Å²) in [6.45, 7) is -0.246. The second kappa shape index (κ2) is 5.79. The van der Waals surface area contributed by atoms with Crippen LogP contribution in [-0.4, -0.2) is 52.0 Å². The maximum Gasteiger partial charge on any atom is 0.327 e. The van der Waals surface area contributed by atoms with Crippen molar-refractivity contribution in [3.05, 3.63) is 24.2 Å². The minimum atomic E-state index is -1.03. The van der Waals surface area contributed by atoms with Crippen molar-refractivity contribution in [2.75, 3.05) is 18.2 Å². The summed E-state index contributed by atoms with van der Waals surface area (Å²) in [7, 11) is 0. The first-order valence-corrected chi connectivity index (χ1v) is 6.67. The van der Waals surface area contributed by atoms with E-state index in [4.69, 9.17) is 9.52 Å². The fourth-order valence-electron chi connectivity index (χ4n) is 1.65. The second-order valence-corrected chi connectivity index (χ2v) is 4.88. The summed E-state index contributed by atoms with van der Waals surface area (Å²) in [5.74, 6) is -1.15. The summed E-state index contributed by atoms with van der Waals surface area (Å²) in [5, 5.41) is 11.3. The Hall–Kier alpha value is -1.96. The van der Waals surface area contributed by atoms with E-state index in [1.165, 1.54) is 29.0 Å². The van der Waals surface area contributed by atoms with Crippen LogP contribution in [0.25, 0.3) is 0 Å². The highest BCUT2D eigenvalue weighted by molar-refractivity contribution is 7.99. The summed E-state index contributed by atoms with van der Waals surface area (Å²) in [6, 6.07) is 2.22. The molecular formula is C11H12N2O5S. The van der Waals surface area contributed by atoms with Gasteiger partial charge in [0.2, 0.25) is 5.91 Å². The molecule has 19 heavy (non-hydrogen) atoms. The van der Waals surface area contributed by atoms with Gasteiger partial charge in [-0.15, -0.1) is 11.8 Å². The average molecular weight is 284 g/mol. The Kier molecular flexibility index (Phi) is 4.10. The number of nitrogens with zero attached hydrogens (tertiary/aromatic N) is 1. The van der Waals surface area contributed by atoms with Crippen LogP contribution in [-0.2, 0) is 9.59 Å².